The molecule has 22 heavy (non-hydrogen) atoms. The van der Waals surface area contributed by atoms with Gasteiger partial charge in [-0.25, -0.2) is 13.6 Å². The fraction of sp³-hybridized carbons (Fsp3) is 0.167. The van der Waals surface area contributed by atoms with E-state index in [0.717, 1.165) is 12.3 Å². The van der Waals surface area contributed by atoms with Gasteiger partial charge in [-0.1, -0.05) is 0 Å². The van der Waals surface area contributed by atoms with Gasteiger partial charge in [-0.05, 0) is 19.1 Å². The van der Waals surface area contributed by atoms with E-state index in [2.05, 4.69) is 4.98 Å². The Balaban J connectivity index is 2.73. The molecule has 3 N–H and O–H groups in total. The first-order valence-corrected chi connectivity index (χ1v) is 7.35. The van der Waals surface area contributed by atoms with Crippen LogP contribution in [-0.4, -0.2) is 18.4 Å². The predicted octanol–water partition coefficient (Wildman–Crippen LogP) is 1.41. The molecule has 0 saturated carbocycles. The van der Waals surface area contributed by atoms with E-state index < -0.39 is 32.2 Å². The van der Waals surface area contributed by atoms with Crippen molar-refractivity contribution in [1.82, 2.24) is 9.97 Å². The highest BCUT2D eigenvalue weighted by Crippen LogP contribution is 2.28. The normalized spacial score (nSPS) is 12.4. The number of nitrogens with zero attached hydrogens (tertiary/aromatic N) is 1. The Kier molecular flexibility index (Phi) is 3.83. The van der Waals surface area contributed by atoms with Gasteiger partial charge in [0.1, 0.15) is 10.6 Å². The number of aromatic amines is 1. The van der Waals surface area contributed by atoms with Gasteiger partial charge < -0.3 is 4.98 Å². The summed E-state index contributed by atoms with van der Waals surface area (Å²) in [6.07, 6.45) is -3.96. The first-order chi connectivity index (χ1) is 10.00. The molecule has 2 aromatic rings. The number of hydrogen-bond donors (Lipinski definition) is 2. The van der Waals surface area contributed by atoms with Crippen LogP contribution < -0.4 is 10.6 Å². The molecule has 0 bridgehead atoms. The molecule has 118 valence electrons. The highest BCUT2D eigenvalue weighted by molar-refractivity contribution is 7.89. The van der Waals surface area contributed by atoms with Gasteiger partial charge in [0.05, 0.1) is 11.3 Å². The van der Waals surface area contributed by atoms with Crippen molar-refractivity contribution in [3.63, 3.8) is 0 Å². The predicted molar refractivity (Wildman–Crippen MR) is 71.4 cm³/mol. The maximum absolute atomic E-state index is 12.5. The molecule has 0 unspecified atom stereocenters. The molecule has 0 aliphatic rings. The van der Waals surface area contributed by atoms with Crippen LogP contribution in [0.5, 0.6) is 0 Å². The fourth-order valence-electron chi connectivity index (χ4n) is 1.79. The molecule has 2 rings (SSSR count). The maximum atomic E-state index is 12.5. The van der Waals surface area contributed by atoms with Crippen molar-refractivity contribution >= 4 is 10.0 Å². The van der Waals surface area contributed by atoms with Crippen LogP contribution in [0.1, 0.15) is 11.4 Å². The van der Waals surface area contributed by atoms with Gasteiger partial charge in [-0.3, -0.25) is 9.78 Å². The van der Waals surface area contributed by atoms with Crippen molar-refractivity contribution in [3.8, 4) is 11.3 Å². The Bertz CT molecular complexity index is 888. The van der Waals surface area contributed by atoms with Gasteiger partial charge >= 0.3 is 6.18 Å². The maximum Gasteiger partial charge on any atom is 0.431 e. The minimum Gasteiger partial charge on any atom is -0.357 e. The average molecular weight is 333 g/mol. The summed E-state index contributed by atoms with van der Waals surface area (Å²) < 4.78 is 60.6. The first-order valence-electron chi connectivity index (χ1n) is 5.81. The number of sulfonamides is 1. The van der Waals surface area contributed by atoms with Gasteiger partial charge in [0.25, 0.3) is 0 Å². The third kappa shape index (κ3) is 3.17. The van der Waals surface area contributed by atoms with Crippen LogP contribution in [0, 0.1) is 6.92 Å². The number of rotatable bonds is 2. The van der Waals surface area contributed by atoms with Crippen molar-refractivity contribution in [2.75, 3.05) is 0 Å². The van der Waals surface area contributed by atoms with Crippen molar-refractivity contribution < 1.29 is 21.6 Å². The second kappa shape index (κ2) is 5.21. The second-order valence-corrected chi connectivity index (χ2v) is 6.00. The molecule has 0 aliphatic heterocycles. The fourth-order valence-corrected chi connectivity index (χ4v) is 2.47. The van der Waals surface area contributed by atoms with E-state index in [1.807, 2.05) is 4.98 Å². The van der Waals surface area contributed by atoms with E-state index in [1.54, 1.807) is 0 Å². The molecular weight excluding hydrogens is 323 g/mol. The number of nitrogens with two attached hydrogens (primary N) is 1. The summed E-state index contributed by atoms with van der Waals surface area (Å²) in [6.45, 7) is 1.54. The first kappa shape index (κ1) is 16.2. The van der Waals surface area contributed by atoms with Gasteiger partial charge in [-0.15, -0.1) is 0 Å². The molecule has 0 aliphatic carbocycles. The Morgan fingerprint density at radius 1 is 1.27 bits per heavy atom. The zero-order valence-electron chi connectivity index (χ0n) is 11.1. The van der Waals surface area contributed by atoms with Crippen LogP contribution in [0.3, 0.4) is 0 Å². The third-order valence-electron chi connectivity index (χ3n) is 2.78. The van der Waals surface area contributed by atoms with Crippen LogP contribution in [0.4, 0.5) is 13.2 Å². The van der Waals surface area contributed by atoms with E-state index in [0.29, 0.717) is 11.8 Å². The van der Waals surface area contributed by atoms with E-state index in [-0.39, 0.29) is 11.3 Å². The molecule has 6 nitrogen and oxygen atoms in total. The zero-order valence-corrected chi connectivity index (χ0v) is 11.9. The van der Waals surface area contributed by atoms with Crippen molar-refractivity contribution in [2.24, 2.45) is 5.14 Å². The van der Waals surface area contributed by atoms with E-state index in [4.69, 9.17) is 5.14 Å². The van der Waals surface area contributed by atoms with Crippen LogP contribution >= 0.6 is 0 Å². The molecule has 0 radical (unpaired) electrons. The standard InChI is InChI=1S/C12H10F3N3O3S/c1-6-2-3-9(22(16,20)21)11(18-6)7-5-17-10(4-8(7)19)12(13,14)15/h2-5H,1H3,(H,17,19)(H2,16,20,21). The lowest BCUT2D eigenvalue weighted by atomic mass is 10.1. The number of primary sulfonamides is 1. The van der Waals surface area contributed by atoms with Gasteiger partial charge in [0.15, 0.2) is 5.43 Å². The Labute approximate surface area is 122 Å². The highest BCUT2D eigenvalue weighted by Gasteiger charge is 2.32. The number of hydrogen-bond acceptors (Lipinski definition) is 4. The molecule has 0 amide bonds. The topological polar surface area (TPSA) is 106 Å². The van der Waals surface area contributed by atoms with Gasteiger partial charge in [0.2, 0.25) is 10.0 Å². The largest absolute Gasteiger partial charge is 0.431 e. The van der Waals surface area contributed by atoms with E-state index in [1.165, 1.54) is 13.0 Å². The second-order valence-electron chi connectivity index (χ2n) is 4.47. The summed E-state index contributed by atoms with van der Waals surface area (Å²) in [7, 11) is -4.19. The lowest BCUT2D eigenvalue weighted by molar-refractivity contribution is -0.141. The number of halogens is 3. The number of nitrogens with one attached hydrogen (secondary N) is 1. The zero-order chi connectivity index (χ0) is 16.7. The molecular formula is C12H10F3N3O3S. The Hall–Kier alpha value is -2.20. The summed E-state index contributed by atoms with van der Waals surface area (Å²) in [6, 6.07) is 2.85. The van der Waals surface area contributed by atoms with Crippen LogP contribution in [0.25, 0.3) is 11.3 Å². The summed E-state index contributed by atoms with van der Waals surface area (Å²) in [5.74, 6) is 0. The quantitative estimate of drug-likeness (QED) is 0.866. The van der Waals surface area contributed by atoms with E-state index in [9.17, 15) is 26.4 Å². The third-order valence-corrected chi connectivity index (χ3v) is 3.72. The van der Waals surface area contributed by atoms with Crippen LogP contribution in [0.2, 0.25) is 0 Å². The molecule has 10 heteroatoms. The van der Waals surface area contributed by atoms with Crippen molar-refractivity contribution in [2.45, 2.75) is 18.0 Å². The Morgan fingerprint density at radius 3 is 2.41 bits per heavy atom. The van der Waals surface area contributed by atoms with Crippen LogP contribution in [-0.2, 0) is 16.2 Å². The Morgan fingerprint density at radius 2 is 1.91 bits per heavy atom. The number of H-pyrrole nitrogens is 1. The van der Waals surface area contributed by atoms with Gasteiger partial charge in [-0.2, -0.15) is 13.2 Å². The summed E-state index contributed by atoms with van der Waals surface area (Å²) in [4.78, 5) is 17.3. The molecule has 0 aromatic carbocycles. The molecule has 0 saturated heterocycles. The van der Waals surface area contributed by atoms with Crippen LogP contribution in [0.15, 0.2) is 34.1 Å². The molecule has 0 spiro atoms. The highest BCUT2D eigenvalue weighted by atomic mass is 32.2. The summed E-state index contributed by atoms with van der Waals surface area (Å²) >= 11 is 0. The monoisotopic (exact) mass is 333 g/mol. The smallest absolute Gasteiger partial charge is 0.357 e. The van der Waals surface area contributed by atoms with Crippen molar-refractivity contribution in [1.29, 1.82) is 0 Å². The number of pyridine rings is 2. The summed E-state index contributed by atoms with van der Waals surface area (Å²) in [5.41, 5.74) is -2.50. The lowest BCUT2D eigenvalue weighted by Crippen LogP contribution is -2.18. The minimum absolute atomic E-state index is 0.294. The van der Waals surface area contributed by atoms with Crippen molar-refractivity contribution in [3.05, 3.63) is 46.0 Å². The summed E-state index contributed by atoms with van der Waals surface area (Å²) in [5, 5.41) is 5.03. The van der Waals surface area contributed by atoms with E-state index >= 15 is 0 Å². The molecule has 0 atom stereocenters. The number of alkyl halides is 3. The van der Waals surface area contributed by atoms with Gasteiger partial charge in [0, 0.05) is 18.0 Å². The SMILES string of the molecule is Cc1ccc(S(N)(=O)=O)c(-c2c[nH]c(C(F)(F)F)cc2=O)n1. The molecule has 2 heterocycles. The number of aryl methyl sites for hydroxylation is 1. The molecule has 2 aromatic heterocycles. The minimum atomic E-state index is -4.72. The number of aromatic nitrogens is 2. The lowest BCUT2D eigenvalue weighted by Gasteiger charge is -2.10. The molecule has 0 fully saturated rings. The average Bonchev–Trinajstić information content (AvgIpc) is 2.35.